The molecule has 156 valence electrons. The molecule has 2 aliphatic rings. The van der Waals surface area contributed by atoms with Crippen LogP contribution in [0.3, 0.4) is 0 Å². The van der Waals surface area contributed by atoms with Crippen LogP contribution in [0, 0.1) is 11.7 Å². The van der Waals surface area contributed by atoms with E-state index in [0.717, 1.165) is 29.7 Å². The molecule has 0 amide bonds. The Bertz CT molecular complexity index is 860. The van der Waals surface area contributed by atoms with Crippen LogP contribution in [0.2, 0.25) is 0 Å². The first kappa shape index (κ1) is 20.8. The zero-order chi connectivity index (χ0) is 20.6. The number of methoxy groups -OCH3 is 1. The number of ether oxygens (including phenoxy) is 2. The van der Waals surface area contributed by atoms with Gasteiger partial charge in [-0.2, -0.15) is 5.06 Å². The Hall–Kier alpha value is -1.47. The molecule has 6 heteroatoms. The van der Waals surface area contributed by atoms with Gasteiger partial charge >= 0.3 is 0 Å². The molecule has 1 aliphatic heterocycles. The minimum absolute atomic E-state index is 0.158. The van der Waals surface area contributed by atoms with Crippen LogP contribution in [-0.2, 0) is 21.7 Å². The molecule has 29 heavy (non-hydrogen) atoms. The summed E-state index contributed by atoms with van der Waals surface area (Å²) in [4.78, 5) is 6.20. The maximum Gasteiger partial charge on any atom is 0.137 e. The van der Waals surface area contributed by atoms with Crippen LogP contribution >= 0.6 is 15.9 Å². The molecule has 2 fully saturated rings. The molecule has 1 heterocycles. The summed E-state index contributed by atoms with van der Waals surface area (Å²) in [5.74, 6) is 0.870. The minimum Gasteiger partial charge on any atom is -0.497 e. The van der Waals surface area contributed by atoms with Gasteiger partial charge in [-0.25, -0.2) is 4.39 Å². The predicted octanol–water partition coefficient (Wildman–Crippen LogP) is 5.44. The summed E-state index contributed by atoms with van der Waals surface area (Å²) in [6.07, 6.45) is 2.09. The Morgan fingerprint density at radius 3 is 2.66 bits per heavy atom. The first-order valence-corrected chi connectivity index (χ1v) is 10.9. The van der Waals surface area contributed by atoms with E-state index >= 15 is 0 Å². The maximum absolute atomic E-state index is 14.0. The molecule has 3 atom stereocenters. The van der Waals surface area contributed by atoms with Gasteiger partial charge < -0.3 is 9.47 Å². The molecule has 0 bridgehead atoms. The van der Waals surface area contributed by atoms with E-state index in [0.29, 0.717) is 23.5 Å². The zero-order valence-corrected chi connectivity index (χ0v) is 18.6. The van der Waals surface area contributed by atoms with E-state index in [4.69, 9.17) is 14.3 Å². The van der Waals surface area contributed by atoms with Gasteiger partial charge in [0.1, 0.15) is 11.6 Å². The average Bonchev–Trinajstić information content (AvgIpc) is 3.21. The van der Waals surface area contributed by atoms with Crippen molar-refractivity contribution in [3.63, 3.8) is 0 Å². The standard InChI is InChI=1S/C23H27BrFNO3/c1-15(2)29-20-10-18-14-28-26(13-16-4-7-19(27-3)8-5-16)23(18,12-20)17-6-9-22(25)21(24)11-17/h4-9,11,15,18,20H,10,12-14H2,1-3H3. The van der Waals surface area contributed by atoms with E-state index < -0.39 is 0 Å². The number of rotatable bonds is 6. The second-order valence-electron chi connectivity index (χ2n) is 8.18. The highest BCUT2D eigenvalue weighted by Crippen LogP contribution is 2.54. The van der Waals surface area contributed by atoms with Crippen LogP contribution in [0.5, 0.6) is 5.75 Å². The van der Waals surface area contributed by atoms with Gasteiger partial charge in [-0.05, 0) is 78.0 Å². The number of fused-ring (bicyclic) bond motifs is 1. The second kappa shape index (κ2) is 8.34. The molecule has 2 aromatic carbocycles. The molecule has 2 aromatic rings. The third-order valence-electron chi connectivity index (χ3n) is 6.01. The molecular formula is C23H27BrFNO3. The van der Waals surface area contributed by atoms with Crippen molar-refractivity contribution in [2.75, 3.05) is 13.7 Å². The van der Waals surface area contributed by atoms with Crippen LogP contribution in [0.15, 0.2) is 46.9 Å². The molecule has 0 N–H and O–H groups in total. The molecule has 4 nitrogen and oxygen atoms in total. The molecule has 0 aromatic heterocycles. The summed E-state index contributed by atoms with van der Waals surface area (Å²) < 4.78 is 25.9. The Morgan fingerprint density at radius 1 is 1.24 bits per heavy atom. The van der Waals surface area contributed by atoms with Crippen LogP contribution < -0.4 is 4.74 Å². The summed E-state index contributed by atoms with van der Waals surface area (Å²) in [7, 11) is 1.66. The first-order chi connectivity index (χ1) is 13.9. The number of hydrogen-bond donors (Lipinski definition) is 0. The molecule has 4 rings (SSSR count). The van der Waals surface area contributed by atoms with Gasteiger partial charge in [0.15, 0.2) is 0 Å². The lowest BCUT2D eigenvalue weighted by Crippen LogP contribution is -2.42. The van der Waals surface area contributed by atoms with Gasteiger partial charge in [-0.3, -0.25) is 4.84 Å². The number of nitrogens with zero attached hydrogens (tertiary/aromatic N) is 1. The van der Waals surface area contributed by atoms with Crippen molar-refractivity contribution < 1.29 is 18.7 Å². The van der Waals surface area contributed by atoms with Crippen molar-refractivity contribution in [3.8, 4) is 5.75 Å². The normalized spacial score (nSPS) is 26.8. The highest BCUT2D eigenvalue weighted by molar-refractivity contribution is 9.10. The highest BCUT2D eigenvalue weighted by atomic mass is 79.9. The number of halogens is 2. The van der Waals surface area contributed by atoms with Crippen molar-refractivity contribution in [3.05, 3.63) is 63.9 Å². The minimum atomic E-state index is -0.338. The summed E-state index contributed by atoms with van der Waals surface area (Å²) in [5.41, 5.74) is 1.87. The van der Waals surface area contributed by atoms with E-state index in [1.807, 2.05) is 24.3 Å². The van der Waals surface area contributed by atoms with Crippen molar-refractivity contribution in [2.45, 2.75) is 51.0 Å². The van der Waals surface area contributed by atoms with E-state index in [-0.39, 0.29) is 23.6 Å². The van der Waals surface area contributed by atoms with Gasteiger partial charge in [-0.15, -0.1) is 0 Å². The lowest BCUT2D eigenvalue weighted by atomic mass is 9.81. The predicted molar refractivity (Wildman–Crippen MR) is 113 cm³/mol. The van der Waals surface area contributed by atoms with Crippen LogP contribution in [-0.4, -0.2) is 31.0 Å². The number of benzene rings is 2. The van der Waals surface area contributed by atoms with E-state index in [2.05, 4.69) is 47.0 Å². The summed E-state index contributed by atoms with van der Waals surface area (Å²) in [5, 5.41) is 2.09. The smallest absolute Gasteiger partial charge is 0.137 e. The third kappa shape index (κ3) is 3.96. The van der Waals surface area contributed by atoms with Crippen molar-refractivity contribution in [2.24, 2.45) is 5.92 Å². The fourth-order valence-corrected chi connectivity index (χ4v) is 5.13. The monoisotopic (exact) mass is 463 g/mol. The molecule has 1 saturated heterocycles. The largest absolute Gasteiger partial charge is 0.497 e. The van der Waals surface area contributed by atoms with Crippen LogP contribution in [0.4, 0.5) is 4.39 Å². The van der Waals surface area contributed by atoms with Crippen LogP contribution in [0.1, 0.15) is 37.8 Å². The van der Waals surface area contributed by atoms with Crippen LogP contribution in [0.25, 0.3) is 0 Å². The first-order valence-electron chi connectivity index (χ1n) is 10.1. The lowest BCUT2D eigenvalue weighted by Gasteiger charge is -2.37. The van der Waals surface area contributed by atoms with Crippen molar-refractivity contribution >= 4 is 15.9 Å². The fraction of sp³-hybridized carbons (Fsp3) is 0.478. The third-order valence-corrected chi connectivity index (χ3v) is 6.62. The Morgan fingerprint density at radius 2 is 2.00 bits per heavy atom. The topological polar surface area (TPSA) is 30.9 Å². The molecule has 3 unspecified atom stereocenters. The van der Waals surface area contributed by atoms with E-state index in [1.165, 1.54) is 6.07 Å². The fourth-order valence-electron chi connectivity index (χ4n) is 4.75. The lowest BCUT2D eigenvalue weighted by molar-refractivity contribution is -0.182. The quantitative estimate of drug-likeness (QED) is 0.570. The maximum atomic E-state index is 14.0. The van der Waals surface area contributed by atoms with Gasteiger partial charge in [0.2, 0.25) is 0 Å². The van der Waals surface area contributed by atoms with E-state index in [1.54, 1.807) is 7.11 Å². The average molecular weight is 464 g/mol. The molecular weight excluding hydrogens is 437 g/mol. The van der Waals surface area contributed by atoms with Gasteiger partial charge in [0.05, 0.1) is 42.5 Å². The molecule has 1 aliphatic carbocycles. The summed E-state index contributed by atoms with van der Waals surface area (Å²) >= 11 is 3.37. The van der Waals surface area contributed by atoms with Gasteiger partial charge in [0.25, 0.3) is 0 Å². The zero-order valence-electron chi connectivity index (χ0n) is 17.0. The molecule has 1 saturated carbocycles. The Balaban J connectivity index is 1.68. The second-order valence-corrected chi connectivity index (χ2v) is 9.03. The highest BCUT2D eigenvalue weighted by Gasteiger charge is 2.57. The Kier molecular flexibility index (Phi) is 5.98. The summed E-state index contributed by atoms with van der Waals surface area (Å²) in [6, 6.07) is 13.4. The Labute approximate surface area is 180 Å². The SMILES string of the molecule is COc1ccc(CN2OCC3CC(OC(C)C)CC32c2ccc(F)c(Br)c2)cc1. The van der Waals surface area contributed by atoms with Gasteiger partial charge in [-0.1, -0.05) is 18.2 Å². The molecule has 0 spiro atoms. The van der Waals surface area contributed by atoms with E-state index in [9.17, 15) is 4.39 Å². The molecule has 0 radical (unpaired) electrons. The summed E-state index contributed by atoms with van der Waals surface area (Å²) in [6.45, 7) is 5.43. The van der Waals surface area contributed by atoms with Crippen molar-refractivity contribution in [1.82, 2.24) is 5.06 Å². The van der Waals surface area contributed by atoms with Crippen molar-refractivity contribution in [1.29, 1.82) is 0 Å². The number of hydrogen-bond acceptors (Lipinski definition) is 4. The number of hydroxylamine groups is 2. The van der Waals surface area contributed by atoms with Gasteiger partial charge in [0, 0.05) is 5.92 Å².